The first-order valence-corrected chi connectivity index (χ1v) is 6.66. The molecule has 0 bridgehead atoms. The smallest absolute Gasteiger partial charge is 0.347 e. The number of hydrogen-bond donors (Lipinski definition) is 1. The molecule has 0 aliphatic rings. The molecule has 5 nitrogen and oxygen atoms in total. The monoisotopic (exact) mass is 273 g/mol. The minimum Gasteiger partial charge on any atom is -0.494 e. The van der Waals surface area contributed by atoms with Gasteiger partial charge in [-0.15, -0.1) is 0 Å². The molecule has 0 saturated carbocycles. The average Bonchev–Trinajstić information content (AvgIpc) is 2.48. The van der Waals surface area contributed by atoms with E-state index in [-0.39, 0.29) is 11.7 Å². The Hall–Kier alpha value is -2.14. The van der Waals surface area contributed by atoms with Crippen LogP contribution in [0.1, 0.15) is 18.5 Å². The van der Waals surface area contributed by atoms with Crippen LogP contribution >= 0.6 is 0 Å². The standard InChI is InChI=1S/C15H19N3O2/c1-3-20-14-8-5-4-7-12(14)13(16-2)11-18-10-6-9-17-15(18)19/h4-10,13,16H,3,11H2,1-2H3. The molecule has 0 aliphatic heterocycles. The number of aromatic nitrogens is 2. The number of rotatable bonds is 6. The molecule has 0 aliphatic carbocycles. The molecular formula is C15H19N3O2. The molecule has 0 saturated heterocycles. The minimum absolute atomic E-state index is 0.0142. The average molecular weight is 273 g/mol. The summed E-state index contributed by atoms with van der Waals surface area (Å²) in [6, 6.07) is 9.59. The summed E-state index contributed by atoms with van der Waals surface area (Å²) in [5, 5.41) is 3.23. The topological polar surface area (TPSA) is 56.2 Å². The molecule has 0 amide bonds. The van der Waals surface area contributed by atoms with Gasteiger partial charge >= 0.3 is 5.69 Å². The number of para-hydroxylation sites is 1. The second-order valence-electron chi connectivity index (χ2n) is 4.37. The van der Waals surface area contributed by atoms with Crippen LogP contribution in [0.3, 0.4) is 0 Å². The molecule has 1 atom stereocenters. The predicted octanol–water partition coefficient (Wildman–Crippen LogP) is 1.60. The van der Waals surface area contributed by atoms with Crippen LogP contribution in [0.4, 0.5) is 0 Å². The highest BCUT2D eigenvalue weighted by atomic mass is 16.5. The van der Waals surface area contributed by atoms with Crippen LogP contribution < -0.4 is 15.7 Å². The van der Waals surface area contributed by atoms with Crippen LogP contribution in [-0.4, -0.2) is 23.2 Å². The molecule has 20 heavy (non-hydrogen) atoms. The minimum atomic E-state index is -0.248. The van der Waals surface area contributed by atoms with Crippen molar-refractivity contribution in [3.63, 3.8) is 0 Å². The number of nitrogens with zero attached hydrogens (tertiary/aromatic N) is 2. The van der Waals surface area contributed by atoms with Crippen LogP contribution in [0.5, 0.6) is 5.75 Å². The zero-order valence-corrected chi connectivity index (χ0v) is 11.7. The third-order valence-corrected chi connectivity index (χ3v) is 3.10. The molecule has 1 unspecified atom stereocenters. The lowest BCUT2D eigenvalue weighted by atomic mass is 10.1. The van der Waals surface area contributed by atoms with Crippen molar-refractivity contribution in [3.8, 4) is 5.75 Å². The molecule has 0 spiro atoms. The fraction of sp³-hybridized carbons (Fsp3) is 0.333. The Morgan fingerprint density at radius 1 is 1.35 bits per heavy atom. The zero-order valence-electron chi connectivity index (χ0n) is 11.7. The lowest BCUT2D eigenvalue weighted by molar-refractivity contribution is 0.329. The molecule has 1 aromatic carbocycles. The second kappa shape index (κ2) is 6.86. The van der Waals surface area contributed by atoms with Crippen molar-refractivity contribution in [3.05, 3.63) is 58.8 Å². The maximum Gasteiger partial charge on any atom is 0.347 e. The Balaban J connectivity index is 2.29. The van der Waals surface area contributed by atoms with Crippen molar-refractivity contribution in [2.24, 2.45) is 0 Å². The van der Waals surface area contributed by atoms with Gasteiger partial charge in [0.15, 0.2) is 0 Å². The predicted molar refractivity (Wildman–Crippen MR) is 77.9 cm³/mol. The fourth-order valence-corrected chi connectivity index (χ4v) is 2.12. The van der Waals surface area contributed by atoms with E-state index in [0.29, 0.717) is 13.2 Å². The molecule has 1 aromatic heterocycles. The number of benzene rings is 1. The summed E-state index contributed by atoms with van der Waals surface area (Å²) in [7, 11) is 1.87. The number of nitrogens with one attached hydrogen (secondary N) is 1. The lowest BCUT2D eigenvalue weighted by Gasteiger charge is -2.20. The number of likely N-dealkylation sites (N-methyl/N-ethyl adjacent to an activating group) is 1. The molecule has 106 valence electrons. The normalized spacial score (nSPS) is 12.1. The highest BCUT2D eigenvalue weighted by Gasteiger charge is 2.15. The molecular weight excluding hydrogens is 254 g/mol. The summed E-state index contributed by atoms with van der Waals surface area (Å²) in [4.78, 5) is 15.5. The van der Waals surface area contributed by atoms with Gasteiger partial charge in [0.1, 0.15) is 5.75 Å². The highest BCUT2D eigenvalue weighted by molar-refractivity contribution is 5.35. The SMILES string of the molecule is CCOc1ccccc1C(Cn1cccnc1=O)NC. The van der Waals surface area contributed by atoms with Gasteiger partial charge in [0.2, 0.25) is 0 Å². The van der Waals surface area contributed by atoms with Gasteiger partial charge in [0.25, 0.3) is 0 Å². The molecule has 2 aromatic rings. The van der Waals surface area contributed by atoms with Crippen molar-refractivity contribution < 1.29 is 4.74 Å². The first-order chi connectivity index (χ1) is 9.76. The largest absolute Gasteiger partial charge is 0.494 e. The van der Waals surface area contributed by atoms with Gasteiger partial charge in [0, 0.05) is 24.5 Å². The van der Waals surface area contributed by atoms with Crippen LogP contribution in [-0.2, 0) is 6.54 Å². The molecule has 2 rings (SSSR count). The molecule has 0 fully saturated rings. The highest BCUT2D eigenvalue weighted by Crippen LogP contribution is 2.25. The van der Waals surface area contributed by atoms with E-state index in [2.05, 4.69) is 10.3 Å². The summed E-state index contributed by atoms with van der Waals surface area (Å²) in [5.74, 6) is 0.839. The van der Waals surface area contributed by atoms with Crippen molar-refractivity contribution in [2.45, 2.75) is 19.5 Å². The summed E-state index contributed by atoms with van der Waals surface area (Å²) in [6.45, 7) is 3.07. The van der Waals surface area contributed by atoms with E-state index >= 15 is 0 Å². The van der Waals surface area contributed by atoms with Gasteiger partial charge in [-0.05, 0) is 26.1 Å². The Morgan fingerprint density at radius 2 is 2.15 bits per heavy atom. The Labute approximate surface area is 118 Å². The van der Waals surface area contributed by atoms with Gasteiger partial charge in [-0.1, -0.05) is 18.2 Å². The summed E-state index contributed by atoms with van der Waals surface area (Å²) >= 11 is 0. The fourth-order valence-electron chi connectivity index (χ4n) is 2.12. The van der Waals surface area contributed by atoms with E-state index in [1.807, 2.05) is 38.2 Å². The van der Waals surface area contributed by atoms with E-state index in [1.165, 1.54) is 6.20 Å². The zero-order chi connectivity index (χ0) is 14.4. The van der Waals surface area contributed by atoms with Crippen molar-refractivity contribution in [1.82, 2.24) is 14.9 Å². The molecule has 1 heterocycles. The molecule has 5 heteroatoms. The maximum atomic E-state index is 11.7. The van der Waals surface area contributed by atoms with Gasteiger partial charge in [-0.3, -0.25) is 4.57 Å². The van der Waals surface area contributed by atoms with Gasteiger partial charge in [-0.2, -0.15) is 0 Å². The van der Waals surface area contributed by atoms with Crippen molar-refractivity contribution >= 4 is 0 Å². The Morgan fingerprint density at radius 3 is 2.85 bits per heavy atom. The van der Waals surface area contributed by atoms with Crippen LogP contribution in [0.15, 0.2) is 47.5 Å². The molecule has 0 radical (unpaired) electrons. The summed E-state index contributed by atoms with van der Waals surface area (Å²) < 4.78 is 7.23. The van der Waals surface area contributed by atoms with Crippen molar-refractivity contribution in [1.29, 1.82) is 0 Å². The Kier molecular flexibility index (Phi) is 4.90. The first kappa shape index (κ1) is 14.3. The van der Waals surface area contributed by atoms with E-state index in [4.69, 9.17) is 4.74 Å². The molecule has 1 N–H and O–H groups in total. The third-order valence-electron chi connectivity index (χ3n) is 3.10. The quantitative estimate of drug-likeness (QED) is 0.868. The third kappa shape index (κ3) is 3.24. The van der Waals surface area contributed by atoms with Crippen LogP contribution in [0.25, 0.3) is 0 Å². The van der Waals surface area contributed by atoms with Gasteiger partial charge in [-0.25, -0.2) is 9.78 Å². The maximum absolute atomic E-state index is 11.7. The van der Waals surface area contributed by atoms with E-state index in [0.717, 1.165) is 11.3 Å². The van der Waals surface area contributed by atoms with E-state index in [1.54, 1.807) is 16.8 Å². The van der Waals surface area contributed by atoms with E-state index in [9.17, 15) is 4.79 Å². The summed E-state index contributed by atoms with van der Waals surface area (Å²) in [5.41, 5.74) is 0.786. The van der Waals surface area contributed by atoms with E-state index < -0.39 is 0 Å². The van der Waals surface area contributed by atoms with Crippen LogP contribution in [0, 0.1) is 0 Å². The lowest BCUT2D eigenvalue weighted by Crippen LogP contribution is -2.29. The van der Waals surface area contributed by atoms with Crippen LogP contribution in [0.2, 0.25) is 0 Å². The Bertz CT molecular complexity index is 610. The van der Waals surface area contributed by atoms with Gasteiger partial charge < -0.3 is 10.1 Å². The van der Waals surface area contributed by atoms with Crippen molar-refractivity contribution in [2.75, 3.05) is 13.7 Å². The summed E-state index contributed by atoms with van der Waals surface area (Å²) in [6.07, 6.45) is 3.24. The second-order valence-corrected chi connectivity index (χ2v) is 4.37. The number of ether oxygens (including phenoxy) is 1. The first-order valence-electron chi connectivity index (χ1n) is 6.66. The number of hydrogen-bond acceptors (Lipinski definition) is 4. The van der Waals surface area contributed by atoms with Gasteiger partial charge in [0.05, 0.1) is 12.6 Å².